The lowest BCUT2D eigenvalue weighted by atomic mass is 10.0. The Bertz CT molecular complexity index is 223. The molecule has 0 rings (SSSR count). The number of ether oxygens (including phenoxy) is 2. The summed E-state index contributed by atoms with van der Waals surface area (Å²) in [5, 5.41) is 0. The van der Waals surface area contributed by atoms with Gasteiger partial charge in [0, 0.05) is 0 Å². The summed E-state index contributed by atoms with van der Waals surface area (Å²) in [6, 6.07) is 0. The van der Waals surface area contributed by atoms with Crippen LogP contribution in [-0.2, 0) is 19.1 Å². The fourth-order valence-electron chi connectivity index (χ4n) is 1.15. The molecule has 0 bridgehead atoms. The topological polar surface area (TPSA) is 52.6 Å². The van der Waals surface area contributed by atoms with Gasteiger partial charge in [0.2, 0.25) is 0 Å². The first-order valence-electron chi connectivity index (χ1n) is 5.08. The van der Waals surface area contributed by atoms with Gasteiger partial charge < -0.3 is 9.47 Å². The van der Waals surface area contributed by atoms with E-state index in [1.807, 2.05) is 0 Å². The van der Waals surface area contributed by atoms with Crippen LogP contribution in [0.15, 0.2) is 12.7 Å². The highest BCUT2D eigenvalue weighted by Gasteiger charge is 2.22. The predicted molar refractivity (Wildman–Crippen MR) is 56.2 cm³/mol. The van der Waals surface area contributed by atoms with Crippen molar-refractivity contribution in [1.29, 1.82) is 0 Å². The SMILES string of the molecule is C=CC[C@H](CC(=O)OCC)C(=O)OCC. The minimum atomic E-state index is -0.471. The molecule has 0 radical (unpaired) electrons. The molecule has 4 heteroatoms. The molecule has 0 spiro atoms. The van der Waals surface area contributed by atoms with Crippen LogP contribution in [0.4, 0.5) is 0 Å². The number of hydrogen-bond donors (Lipinski definition) is 0. The van der Waals surface area contributed by atoms with Gasteiger partial charge in [0.15, 0.2) is 0 Å². The first-order chi connectivity index (χ1) is 7.15. The van der Waals surface area contributed by atoms with E-state index in [2.05, 4.69) is 6.58 Å². The van der Waals surface area contributed by atoms with E-state index in [4.69, 9.17) is 9.47 Å². The number of rotatable bonds is 7. The van der Waals surface area contributed by atoms with Gasteiger partial charge in [-0.15, -0.1) is 6.58 Å². The fourth-order valence-corrected chi connectivity index (χ4v) is 1.15. The second-order valence-electron chi connectivity index (χ2n) is 2.98. The molecule has 15 heavy (non-hydrogen) atoms. The molecule has 0 fully saturated rings. The maximum absolute atomic E-state index is 11.4. The molecule has 0 amide bonds. The number of carbonyl (C=O) groups excluding carboxylic acids is 2. The molecule has 0 aliphatic rings. The Labute approximate surface area is 90.2 Å². The third-order valence-corrected chi connectivity index (χ3v) is 1.79. The summed E-state index contributed by atoms with van der Waals surface area (Å²) in [4.78, 5) is 22.6. The molecule has 86 valence electrons. The van der Waals surface area contributed by atoms with E-state index in [1.54, 1.807) is 19.9 Å². The molecule has 0 aliphatic heterocycles. The van der Waals surface area contributed by atoms with Crippen molar-refractivity contribution in [2.24, 2.45) is 5.92 Å². The van der Waals surface area contributed by atoms with Crippen LogP contribution in [0.5, 0.6) is 0 Å². The summed E-state index contributed by atoms with van der Waals surface area (Å²) in [6.45, 7) is 7.63. The van der Waals surface area contributed by atoms with Gasteiger partial charge in [0.05, 0.1) is 25.6 Å². The second kappa shape index (κ2) is 8.03. The first kappa shape index (κ1) is 13.7. The van der Waals surface area contributed by atoms with Crippen molar-refractivity contribution in [1.82, 2.24) is 0 Å². The van der Waals surface area contributed by atoms with E-state index in [-0.39, 0.29) is 18.4 Å². The highest BCUT2D eigenvalue weighted by Crippen LogP contribution is 2.12. The average Bonchev–Trinajstić information content (AvgIpc) is 2.18. The van der Waals surface area contributed by atoms with E-state index in [0.717, 1.165) is 0 Å². The van der Waals surface area contributed by atoms with Crippen molar-refractivity contribution in [3.05, 3.63) is 12.7 Å². The van der Waals surface area contributed by atoms with Crippen LogP contribution in [-0.4, -0.2) is 25.2 Å². The maximum Gasteiger partial charge on any atom is 0.309 e. The van der Waals surface area contributed by atoms with Crippen molar-refractivity contribution in [2.45, 2.75) is 26.7 Å². The van der Waals surface area contributed by atoms with Crippen LogP contribution in [0.1, 0.15) is 26.7 Å². The van der Waals surface area contributed by atoms with Gasteiger partial charge in [0.25, 0.3) is 0 Å². The molecular weight excluding hydrogens is 196 g/mol. The number of hydrogen-bond acceptors (Lipinski definition) is 4. The summed E-state index contributed by atoms with van der Waals surface area (Å²) < 4.78 is 9.61. The summed E-state index contributed by atoms with van der Waals surface area (Å²) in [5.41, 5.74) is 0. The zero-order valence-corrected chi connectivity index (χ0v) is 9.32. The lowest BCUT2D eigenvalue weighted by Gasteiger charge is -2.12. The van der Waals surface area contributed by atoms with Gasteiger partial charge in [-0.3, -0.25) is 9.59 Å². The molecule has 1 atom stereocenters. The standard InChI is InChI=1S/C11H18O4/c1-4-7-9(11(13)15-6-3)8-10(12)14-5-2/h4,9H,1,5-8H2,2-3H3/t9-/m1/s1. The normalized spacial score (nSPS) is 11.6. The Kier molecular flexibility index (Phi) is 7.32. The van der Waals surface area contributed by atoms with Crippen LogP contribution in [0.25, 0.3) is 0 Å². The molecule has 0 aromatic heterocycles. The van der Waals surface area contributed by atoms with E-state index in [1.165, 1.54) is 0 Å². The third-order valence-electron chi connectivity index (χ3n) is 1.79. The monoisotopic (exact) mass is 214 g/mol. The Hall–Kier alpha value is -1.32. The molecule has 0 aromatic rings. The molecule has 0 unspecified atom stereocenters. The average molecular weight is 214 g/mol. The van der Waals surface area contributed by atoms with Gasteiger partial charge in [-0.2, -0.15) is 0 Å². The van der Waals surface area contributed by atoms with Crippen LogP contribution >= 0.6 is 0 Å². The smallest absolute Gasteiger partial charge is 0.309 e. The summed E-state index contributed by atoms with van der Waals surface area (Å²) >= 11 is 0. The molecule has 0 saturated carbocycles. The van der Waals surface area contributed by atoms with Crippen molar-refractivity contribution in [2.75, 3.05) is 13.2 Å². The van der Waals surface area contributed by atoms with E-state index in [9.17, 15) is 9.59 Å². The van der Waals surface area contributed by atoms with Crippen molar-refractivity contribution in [3.63, 3.8) is 0 Å². The molecule has 0 saturated heterocycles. The summed E-state index contributed by atoms with van der Waals surface area (Å²) in [6.07, 6.45) is 2.08. The zero-order chi connectivity index (χ0) is 11.7. The lowest BCUT2D eigenvalue weighted by molar-refractivity contribution is -0.154. The fraction of sp³-hybridized carbons (Fsp3) is 0.636. The minimum absolute atomic E-state index is 0.0543. The predicted octanol–water partition coefficient (Wildman–Crippen LogP) is 1.70. The third kappa shape index (κ3) is 5.88. The Morgan fingerprint density at radius 2 is 1.87 bits per heavy atom. The zero-order valence-electron chi connectivity index (χ0n) is 9.32. The van der Waals surface area contributed by atoms with E-state index in [0.29, 0.717) is 19.6 Å². The number of carbonyl (C=O) groups is 2. The van der Waals surface area contributed by atoms with Crippen molar-refractivity contribution in [3.8, 4) is 0 Å². The van der Waals surface area contributed by atoms with Gasteiger partial charge >= 0.3 is 11.9 Å². The van der Waals surface area contributed by atoms with E-state index >= 15 is 0 Å². The largest absolute Gasteiger partial charge is 0.466 e. The van der Waals surface area contributed by atoms with Crippen molar-refractivity contribution >= 4 is 11.9 Å². The number of allylic oxidation sites excluding steroid dienone is 1. The second-order valence-corrected chi connectivity index (χ2v) is 2.98. The molecule has 0 aromatic carbocycles. The summed E-state index contributed by atoms with van der Waals surface area (Å²) in [5.74, 6) is -1.22. The Balaban J connectivity index is 4.19. The highest BCUT2D eigenvalue weighted by molar-refractivity contribution is 5.80. The van der Waals surface area contributed by atoms with Crippen molar-refractivity contribution < 1.29 is 19.1 Å². The maximum atomic E-state index is 11.4. The minimum Gasteiger partial charge on any atom is -0.466 e. The van der Waals surface area contributed by atoms with Crippen LogP contribution < -0.4 is 0 Å². The molecular formula is C11H18O4. The van der Waals surface area contributed by atoms with Crippen LogP contribution in [0, 0.1) is 5.92 Å². The van der Waals surface area contributed by atoms with E-state index < -0.39 is 5.92 Å². The van der Waals surface area contributed by atoms with Crippen LogP contribution in [0.3, 0.4) is 0 Å². The summed E-state index contributed by atoms with van der Waals surface area (Å²) in [7, 11) is 0. The lowest BCUT2D eigenvalue weighted by Crippen LogP contribution is -2.21. The highest BCUT2D eigenvalue weighted by atomic mass is 16.5. The molecule has 0 heterocycles. The van der Waals surface area contributed by atoms with Gasteiger partial charge in [-0.1, -0.05) is 6.08 Å². The molecule has 0 aliphatic carbocycles. The Morgan fingerprint density at radius 3 is 2.33 bits per heavy atom. The first-order valence-corrected chi connectivity index (χ1v) is 5.08. The quantitative estimate of drug-likeness (QED) is 0.478. The van der Waals surface area contributed by atoms with Crippen LogP contribution in [0.2, 0.25) is 0 Å². The van der Waals surface area contributed by atoms with Gasteiger partial charge in [-0.05, 0) is 20.3 Å². The van der Waals surface area contributed by atoms with Gasteiger partial charge in [-0.25, -0.2) is 0 Å². The van der Waals surface area contributed by atoms with Gasteiger partial charge in [0.1, 0.15) is 0 Å². The molecule has 4 nitrogen and oxygen atoms in total. The molecule has 0 N–H and O–H groups in total. The number of esters is 2. The Morgan fingerprint density at radius 1 is 1.27 bits per heavy atom.